The third-order valence-corrected chi connectivity index (χ3v) is 6.85. The van der Waals surface area contributed by atoms with Crippen molar-refractivity contribution in [3.8, 4) is 39.5 Å². The van der Waals surface area contributed by atoms with Crippen molar-refractivity contribution >= 4 is 21.8 Å². The number of benzene rings is 2. The zero-order chi connectivity index (χ0) is 27.6. The number of halogens is 4. The molecule has 0 fully saturated rings. The molecule has 0 saturated carbocycles. The van der Waals surface area contributed by atoms with Crippen molar-refractivity contribution in [1.82, 2.24) is 24.9 Å². The molecule has 0 radical (unpaired) electrons. The monoisotopic (exact) mass is 543 g/mol. The summed E-state index contributed by atoms with van der Waals surface area (Å²) in [5, 5.41) is 2.26. The summed E-state index contributed by atoms with van der Waals surface area (Å²) >= 11 is 0. The number of aromatic amines is 1. The normalized spacial score (nSPS) is 15.6. The Morgan fingerprint density at radius 1 is 0.775 bits per heavy atom. The van der Waals surface area contributed by atoms with E-state index in [-0.39, 0.29) is 5.56 Å². The highest BCUT2D eigenvalue weighted by Crippen LogP contribution is 2.48. The molecule has 0 bridgehead atoms. The summed E-state index contributed by atoms with van der Waals surface area (Å²) < 4.78 is 64.0. The molecule has 7 rings (SSSR count). The van der Waals surface area contributed by atoms with Gasteiger partial charge in [-0.05, 0) is 60.3 Å². The lowest BCUT2D eigenvalue weighted by molar-refractivity contribution is -0.461. The number of pyridine rings is 2. The van der Waals surface area contributed by atoms with Gasteiger partial charge in [0, 0.05) is 46.1 Å². The van der Waals surface area contributed by atoms with E-state index in [0.717, 1.165) is 39.6 Å². The van der Waals surface area contributed by atoms with Crippen molar-refractivity contribution in [2.24, 2.45) is 0 Å². The number of fused-ring (bicyclic) bond motifs is 3. The number of hydrogen-bond donors (Lipinski definition) is 1. The molecule has 5 heterocycles. The van der Waals surface area contributed by atoms with Crippen molar-refractivity contribution in [3.05, 3.63) is 90.6 Å². The predicted molar refractivity (Wildman–Crippen MR) is 139 cm³/mol. The van der Waals surface area contributed by atoms with E-state index in [4.69, 9.17) is 4.98 Å². The first-order chi connectivity index (χ1) is 19.2. The molecule has 198 valence electrons. The second-order valence-electron chi connectivity index (χ2n) is 9.27. The van der Waals surface area contributed by atoms with E-state index >= 15 is 0 Å². The van der Waals surface area contributed by atoms with Crippen LogP contribution in [0.2, 0.25) is 0 Å². The minimum absolute atomic E-state index is 0.280. The zero-order valence-corrected chi connectivity index (χ0v) is 20.6. The minimum atomic E-state index is -4.45. The van der Waals surface area contributed by atoms with E-state index < -0.39 is 23.7 Å². The number of ether oxygens (including phenoxy) is 2. The van der Waals surface area contributed by atoms with Crippen molar-refractivity contribution in [3.63, 3.8) is 0 Å². The Kier molecular flexibility index (Phi) is 5.17. The van der Waals surface area contributed by atoms with E-state index in [1.807, 2.05) is 43.3 Å². The predicted octanol–water partition coefficient (Wildman–Crippen LogP) is 7.22. The summed E-state index contributed by atoms with van der Waals surface area (Å²) in [6.07, 6.45) is -2.17. The molecular formula is C29H17F4N5O2. The van der Waals surface area contributed by atoms with Crippen LogP contribution in [0.25, 0.3) is 55.6 Å². The lowest BCUT2D eigenvalue weighted by Crippen LogP contribution is -2.41. The van der Waals surface area contributed by atoms with Gasteiger partial charge in [-0.3, -0.25) is 9.97 Å². The quantitative estimate of drug-likeness (QED) is 0.237. The van der Waals surface area contributed by atoms with Crippen LogP contribution in [0.3, 0.4) is 0 Å². The maximum atomic E-state index is 14.5. The lowest BCUT2D eigenvalue weighted by atomic mass is 9.91. The van der Waals surface area contributed by atoms with Crippen molar-refractivity contribution in [1.29, 1.82) is 0 Å². The maximum Gasteiger partial charge on any atom is 0.540 e. The average molecular weight is 543 g/mol. The fourth-order valence-electron chi connectivity index (χ4n) is 5.14. The largest absolute Gasteiger partial charge is 0.540 e. The second kappa shape index (κ2) is 8.55. The van der Waals surface area contributed by atoms with Gasteiger partial charge in [0.25, 0.3) is 0 Å². The summed E-state index contributed by atoms with van der Waals surface area (Å²) in [6.45, 7) is 1.95. The van der Waals surface area contributed by atoms with Crippen LogP contribution in [0.5, 0.6) is 5.75 Å². The molecule has 1 aliphatic rings. The topological polar surface area (TPSA) is 85.8 Å². The van der Waals surface area contributed by atoms with Crippen LogP contribution in [0.4, 0.5) is 17.6 Å². The molecule has 1 N–H and O–H groups in total. The molecule has 0 atom stereocenters. The van der Waals surface area contributed by atoms with Crippen LogP contribution >= 0.6 is 0 Å². The summed E-state index contributed by atoms with van der Waals surface area (Å²) in [4.78, 5) is 21.1. The van der Waals surface area contributed by atoms with E-state index in [9.17, 15) is 17.6 Å². The number of nitrogens with zero attached hydrogens (tertiary/aromatic N) is 4. The van der Waals surface area contributed by atoms with Gasteiger partial charge in [0.2, 0.25) is 0 Å². The Balaban J connectivity index is 1.43. The fourth-order valence-corrected chi connectivity index (χ4v) is 5.14. The number of aromatic nitrogens is 5. The Bertz CT molecular complexity index is 1960. The molecule has 6 aromatic rings. The van der Waals surface area contributed by atoms with Gasteiger partial charge in [-0.25, -0.2) is 14.7 Å². The van der Waals surface area contributed by atoms with E-state index in [1.54, 1.807) is 18.6 Å². The molecule has 7 nitrogen and oxygen atoms in total. The van der Waals surface area contributed by atoms with Gasteiger partial charge in [-0.1, -0.05) is 12.1 Å². The molecule has 4 aromatic heterocycles. The highest BCUT2D eigenvalue weighted by atomic mass is 19.3. The van der Waals surface area contributed by atoms with Crippen LogP contribution in [-0.4, -0.2) is 31.2 Å². The van der Waals surface area contributed by atoms with Gasteiger partial charge < -0.3 is 9.72 Å². The van der Waals surface area contributed by atoms with Gasteiger partial charge in [-0.2, -0.15) is 8.78 Å². The van der Waals surface area contributed by atoms with E-state index in [0.29, 0.717) is 28.1 Å². The first-order valence-electron chi connectivity index (χ1n) is 12.1. The summed E-state index contributed by atoms with van der Waals surface area (Å²) in [5.41, 5.74) is 4.43. The average Bonchev–Trinajstić information content (AvgIpc) is 3.41. The molecule has 0 amide bonds. The zero-order valence-electron chi connectivity index (χ0n) is 20.6. The van der Waals surface area contributed by atoms with Gasteiger partial charge in [0.1, 0.15) is 17.7 Å². The van der Waals surface area contributed by atoms with Crippen molar-refractivity contribution in [2.75, 3.05) is 0 Å². The van der Waals surface area contributed by atoms with Crippen LogP contribution < -0.4 is 4.74 Å². The molecule has 11 heteroatoms. The van der Waals surface area contributed by atoms with Gasteiger partial charge >= 0.3 is 12.4 Å². The number of hydrogen-bond acceptors (Lipinski definition) is 6. The van der Waals surface area contributed by atoms with Crippen LogP contribution in [0.15, 0.2) is 79.5 Å². The van der Waals surface area contributed by atoms with E-state index in [1.165, 1.54) is 12.4 Å². The highest BCUT2D eigenvalue weighted by Gasteiger charge is 2.54. The number of nitrogens with one attached hydrogen (secondary N) is 1. The number of aryl methyl sites for hydroxylation is 1. The standard InChI is InChI=1S/C29H17F4N5O2/c1-15-4-6-18-17(23(15)26-19(3-2-10-34-26)25-20-9-12-36-27(20)38-14-37-25)8-11-35-24(18)16-5-7-22-21(13-16)28(30,31)40-29(32,33)39-22/h2-14H,1H3,(H,36,37,38). The molecule has 0 saturated heterocycles. The maximum absolute atomic E-state index is 14.5. The van der Waals surface area contributed by atoms with Crippen LogP contribution in [0.1, 0.15) is 11.1 Å². The van der Waals surface area contributed by atoms with Crippen molar-refractivity contribution < 1.29 is 27.0 Å². The first kappa shape index (κ1) is 24.2. The molecule has 0 aliphatic carbocycles. The lowest BCUT2D eigenvalue weighted by Gasteiger charge is -2.30. The molecular weight excluding hydrogens is 526 g/mol. The molecule has 40 heavy (non-hydrogen) atoms. The summed E-state index contributed by atoms with van der Waals surface area (Å²) in [6, 6.07) is 14.8. The first-order valence-corrected chi connectivity index (χ1v) is 12.1. The minimum Gasteiger partial charge on any atom is -0.409 e. The smallest absolute Gasteiger partial charge is 0.409 e. The van der Waals surface area contributed by atoms with Gasteiger partial charge in [0.15, 0.2) is 0 Å². The third kappa shape index (κ3) is 3.77. The highest BCUT2D eigenvalue weighted by molar-refractivity contribution is 6.06. The molecule has 1 aliphatic heterocycles. The number of alkyl halides is 4. The van der Waals surface area contributed by atoms with E-state index in [2.05, 4.69) is 29.4 Å². The van der Waals surface area contributed by atoms with Crippen LogP contribution in [0, 0.1) is 6.92 Å². The summed E-state index contributed by atoms with van der Waals surface area (Å²) in [7, 11) is 0. The number of rotatable bonds is 3. The molecule has 0 unspecified atom stereocenters. The fraction of sp³-hybridized carbons (Fsp3) is 0.103. The second-order valence-corrected chi connectivity index (χ2v) is 9.27. The molecule has 0 spiro atoms. The van der Waals surface area contributed by atoms with Gasteiger partial charge in [0.05, 0.1) is 22.6 Å². The molecule has 2 aromatic carbocycles. The Morgan fingerprint density at radius 3 is 2.50 bits per heavy atom. The van der Waals surface area contributed by atoms with Crippen LogP contribution in [-0.2, 0) is 10.8 Å². The Morgan fingerprint density at radius 2 is 1.62 bits per heavy atom. The SMILES string of the molecule is Cc1ccc2c(-c3ccc4c(c3)C(F)(F)OC(F)(F)O4)nccc2c1-c1ncccc1-c1ncnc2[nH]ccc12. The Labute approximate surface area is 223 Å². The summed E-state index contributed by atoms with van der Waals surface area (Å²) in [5.74, 6) is -0.666. The van der Waals surface area contributed by atoms with Gasteiger partial charge in [-0.15, -0.1) is 8.78 Å². The van der Waals surface area contributed by atoms with Crippen molar-refractivity contribution in [2.45, 2.75) is 19.3 Å². The Hall–Kier alpha value is -4.90. The third-order valence-electron chi connectivity index (χ3n) is 6.85. The number of H-pyrrole nitrogens is 1.